The number of H-pyrrole nitrogens is 1. The molecule has 16 N–H and O–H groups in total. The van der Waals surface area contributed by atoms with Crippen LogP contribution in [0.5, 0.6) is 0 Å². The number of aromatic amines is 1. The number of nitrogens with two attached hydrogens (primary N) is 4. The molecule has 420 valence electrons. The fourth-order valence-electron chi connectivity index (χ4n) is 9.03. The molecule has 2 heterocycles. The van der Waals surface area contributed by atoms with Crippen LogP contribution in [0, 0.1) is 23.2 Å². The molecule has 1 aromatic heterocycles. The molecular formula is C53H71N13O12. The summed E-state index contributed by atoms with van der Waals surface area (Å²) in [5.74, 6) is -11.3. The number of nitriles is 1. The topological polar surface area (TPSA) is 440 Å². The Hall–Kier alpha value is -8.69. The van der Waals surface area contributed by atoms with E-state index in [1.807, 2.05) is 24.3 Å². The molecule has 3 aromatic rings. The van der Waals surface area contributed by atoms with Crippen LogP contribution in [0.4, 0.5) is 0 Å². The summed E-state index contributed by atoms with van der Waals surface area (Å²) in [5.41, 5.74) is 24.1. The first-order chi connectivity index (χ1) is 37.1. The van der Waals surface area contributed by atoms with Gasteiger partial charge in [-0.25, -0.2) is 4.79 Å². The van der Waals surface area contributed by atoms with Gasteiger partial charge in [-0.1, -0.05) is 36.8 Å². The van der Waals surface area contributed by atoms with Crippen LogP contribution < -0.4 is 49.5 Å². The van der Waals surface area contributed by atoms with Crippen molar-refractivity contribution in [1.29, 1.82) is 5.26 Å². The standard InChI is InChI=1S/C53H71N13O12/c1-30(67)62-39(13-7-23-60-53(57)58)48(74)63-40-19-18-36(68)9-2-4-12-42(51(77)78)65-47(73)34(25-35-29-61-38-11-5-3-10-37(35)38)27-44(69)33(8-6-22-59-52(55)56)26-45(70)43(24-31-14-16-32(28-54)17-15-31)66-50(76)41(64-49(40)75)20-21-46(71)72/h3,5,10-11,14-17,29,33-34,39-43,61H,2,4,6-9,12-13,18-27H2,1H3,(H,62,67)(H,63,74)(H,64,75)(H,65,73)(H,66,76)(H,71,72)(H,77,78)(H4,55,56,59)(H4,57,58,60)/t33-,34-,39+,40+,41+,42+,43-/m1/s1. The van der Waals surface area contributed by atoms with Crippen LogP contribution in [0.15, 0.2) is 64.7 Å². The number of carboxylic acids is 2. The van der Waals surface area contributed by atoms with Crippen LogP contribution >= 0.6 is 0 Å². The van der Waals surface area contributed by atoms with E-state index < -0.39 is 127 Å². The normalized spacial score (nSPS) is 20.9. The predicted octanol–water partition coefficient (Wildman–Crippen LogP) is 0.399. The molecule has 1 aliphatic heterocycles. The molecule has 2 aromatic carbocycles. The number of carbonyl (C=O) groups is 10. The van der Waals surface area contributed by atoms with Gasteiger partial charge < -0.3 is 64.7 Å². The Morgan fingerprint density at radius 3 is 2.08 bits per heavy atom. The lowest BCUT2D eigenvalue weighted by Crippen LogP contribution is -2.58. The highest BCUT2D eigenvalue weighted by molar-refractivity contribution is 5.98. The highest BCUT2D eigenvalue weighted by atomic mass is 16.4. The van der Waals surface area contributed by atoms with Gasteiger partial charge in [0, 0.05) is 81.1 Å². The Balaban J connectivity index is 1.81. The summed E-state index contributed by atoms with van der Waals surface area (Å²) in [5, 5.41) is 43.1. The molecule has 1 fully saturated rings. The third kappa shape index (κ3) is 21.1. The molecule has 0 aliphatic carbocycles. The monoisotopic (exact) mass is 1080 g/mol. The van der Waals surface area contributed by atoms with Crippen molar-refractivity contribution in [3.05, 3.63) is 71.4 Å². The molecule has 0 bridgehead atoms. The summed E-state index contributed by atoms with van der Waals surface area (Å²) in [6.07, 6.45) is -0.919. The van der Waals surface area contributed by atoms with Crippen LogP contribution in [0.2, 0.25) is 0 Å². The van der Waals surface area contributed by atoms with Gasteiger partial charge in [-0.15, -0.1) is 0 Å². The maximum absolute atomic E-state index is 14.8. The summed E-state index contributed by atoms with van der Waals surface area (Å²) in [4.78, 5) is 148. The number of Topliss-reactive ketones (excluding diaryl/α,β-unsaturated/α-hetero) is 3. The summed E-state index contributed by atoms with van der Waals surface area (Å²) in [7, 11) is 0. The number of guanidine groups is 2. The molecule has 7 atom stereocenters. The minimum atomic E-state index is -1.67. The van der Waals surface area contributed by atoms with Crippen LogP contribution in [0.1, 0.15) is 114 Å². The molecule has 0 spiro atoms. The molecule has 1 saturated heterocycles. The highest BCUT2D eigenvalue weighted by Gasteiger charge is 2.35. The molecule has 1 aliphatic rings. The number of benzene rings is 2. The fourth-order valence-corrected chi connectivity index (χ4v) is 9.03. The van der Waals surface area contributed by atoms with Crippen molar-refractivity contribution < 1.29 is 58.2 Å². The number of carboxylic acid groups (broad SMARTS) is 2. The van der Waals surface area contributed by atoms with Gasteiger partial charge in [0.1, 0.15) is 35.7 Å². The number of carbonyl (C=O) groups excluding carboxylic acids is 8. The predicted molar refractivity (Wildman–Crippen MR) is 285 cm³/mol. The van der Waals surface area contributed by atoms with Gasteiger partial charge in [0.15, 0.2) is 17.7 Å². The van der Waals surface area contributed by atoms with E-state index in [2.05, 4.69) is 41.6 Å². The van der Waals surface area contributed by atoms with Crippen molar-refractivity contribution in [1.82, 2.24) is 31.6 Å². The maximum atomic E-state index is 14.8. The van der Waals surface area contributed by atoms with E-state index in [0.717, 1.165) is 10.9 Å². The van der Waals surface area contributed by atoms with E-state index >= 15 is 0 Å². The molecule has 4 rings (SSSR count). The zero-order valence-corrected chi connectivity index (χ0v) is 43.6. The van der Waals surface area contributed by atoms with Crippen LogP contribution in [-0.2, 0) is 60.8 Å². The average Bonchev–Trinajstić information content (AvgIpc) is 3.81. The average molecular weight is 1080 g/mol. The van der Waals surface area contributed by atoms with Gasteiger partial charge in [0.05, 0.1) is 17.7 Å². The smallest absolute Gasteiger partial charge is 0.326 e. The molecule has 25 nitrogen and oxygen atoms in total. The lowest BCUT2D eigenvalue weighted by Gasteiger charge is -2.27. The van der Waals surface area contributed by atoms with Gasteiger partial charge in [-0.05, 0) is 93.5 Å². The van der Waals surface area contributed by atoms with Gasteiger partial charge >= 0.3 is 11.9 Å². The van der Waals surface area contributed by atoms with Crippen molar-refractivity contribution in [3.8, 4) is 6.07 Å². The van der Waals surface area contributed by atoms with E-state index in [9.17, 15) is 63.4 Å². The summed E-state index contributed by atoms with van der Waals surface area (Å²) >= 11 is 0. The van der Waals surface area contributed by atoms with Gasteiger partial charge in [0.25, 0.3) is 0 Å². The number of nitrogens with zero attached hydrogens (tertiary/aromatic N) is 3. The number of aliphatic imine (C=N–C) groups is 2. The molecular weight excluding hydrogens is 1010 g/mol. The number of aliphatic carboxylic acids is 2. The minimum Gasteiger partial charge on any atom is -0.481 e. The Labute approximate surface area is 450 Å². The van der Waals surface area contributed by atoms with E-state index in [1.165, 1.54) is 19.1 Å². The Kier molecular flexibility index (Phi) is 24.9. The summed E-state index contributed by atoms with van der Waals surface area (Å²) in [6, 6.07) is 7.96. The zero-order valence-electron chi connectivity index (χ0n) is 43.6. The van der Waals surface area contributed by atoms with Crippen molar-refractivity contribution in [2.45, 2.75) is 140 Å². The first-order valence-corrected chi connectivity index (χ1v) is 25.8. The van der Waals surface area contributed by atoms with Crippen LogP contribution in [0.25, 0.3) is 10.9 Å². The first-order valence-electron chi connectivity index (χ1n) is 25.8. The quantitative estimate of drug-likeness (QED) is 0.0439. The van der Waals surface area contributed by atoms with Crippen LogP contribution in [0.3, 0.4) is 0 Å². The molecule has 0 unspecified atom stereocenters. The number of rotatable bonds is 19. The van der Waals surface area contributed by atoms with E-state index in [0.29, 0.717) is 11.1 Å². The van der Waals surface area contributed by atoms with Gasteiger partial charge in [-0.3, -0.25) is 53.1 Å². The number of fused-ring (bicyclic) bond motifs is 1. The number of aromatic nitrogens is 1. The van der Waals surface area contributed by atoms with Crippen molar-refractivity contribution in [2.75, 3.05) is 13.1 Å². The number of hydrogen-bond acceptors (Lipinski definition) is 13. The van der Waals surface area contributed by atoms with Crippen molar-refractivity contribution in [2.24, 2.45) is 44.8 Å². The van der Waals surface area contributed by atoms with E-state index in [1.54, 1.807) is 24.4 Å². The second kappa shape index (κ2) is 31.4. The van der Waals surface area contributed by atoms with Crippen molar-refractivity contribution >= 4 is 81.6 Å². The third-order valence-electron chi connectivity index (χ3n) is 13.2. The maximum Gasteiger partial charge on any atom is 0.326 e. The number of hydrogen-bond donors (Lipinski definition) is 12. The van der Waals surface area contributed by atoms with Gasteiger partial charge in [0.2, 0.25) is 29.5 Å². The van der Waals surface area contributed by atoms with Gasteiger partial charge in [-0.2, -0.15) is 5.26 Å². The lowest BCUT2D eigenvalue weighted by atomic mass is 9.83. The SMILES string of the molecule is CC(=O)N[C@@H](CCCN=C(N)N)C(=O)N[C@H]1CCC(=O)CCCC[C@@H](C(=O)O)NC(=O)[C@H](Cc2c[nH]c3ccccc23)CC(=O)[C@H](CCCN=C(N)N)CC(=O)[C@@H](Cc2ccc(C#N)cc2)NC(=O)[C@H](CCC(=O)O)NC1=O. The highest BCUT2D eigenvalue weighted by Crippen LogP contribution is 2.26. The molecule has 78 heavy (non-hydrogen) atoms. The number of para-hydroxylation sites is 1. The van der Waals surface area contributed by atoms with E-state index in [-0.39, 0.29) is 108 Å². The van der Waals surface area contributed by atoms with Crippen LogP contribution in [-0.4, -0.2) is 129 Å². The number of ketones is 3. The number of amides is 5. The Morgan fingerprint density at radius 2 is 1.42 bits per heavy atom. The van der Waals surface area contributed by atoms with Crippen molar-refractivity contribution in [3.63, 3.8) is 0 Å². The largest absolute Gasteiger partial charge is 0.481 e. The third-order valence-corrected chi connectivity index (χ3v) is 13.2. The Bertz CT molecular complexity index is 2730. The molecule has 0 saturated carbocycles. The molecule has 5 amide bonds. The second-order valence-electron chi connectivity index (χ2n) is 19.3. The number of nitrogens with one attached hydrogen (secondary N) is 6. The lowest BCUT2D eigenvalue weighted by molar-refractivity contribution is -0.143. The summed E-state index contributed by atoms with van der Waals surface area (Å²) < 4.78 is 0. The summed E-state index contributed by atoms with van der Waals surface area (Å²) in [6.45, 7) is 1.30. The fraction of sp³-hybridized carbons (Fsp3) is 0.491. The van der Waals surface area contributed by atoms with E-state index in [4.69, 9.17) is 22.9 Å². The zero-order chi connectivity index (χ0) is 57.3. The Morgan fingerprint density at radius 1 is 0.756 bits per heavy atom. The minimum absolute atomic E-state index is 0.000968. The molecule has 25 heteroatoms. The first kappa shape index (κ1) is 61.9. The molecule has 0 radical (unpaired) electrons. The second-order valence-corrected chi connectivity index (χ2v) is 19.3.